The number of amides is 1. The number of hydrogen-bond donors (Lipinski definition) is 1. The molecule has 19 heavy (non-hydrogen) atoms. The van der Waals surface area contributed by atoms with Gasteiger partial charge in [0.2, 0.25) is 0 Å². The quantitative estimate of drug-likeness (QED) is 0.930. The molecular formula is C14H15ClN2OS. The molecule has 0 radical (unpaired) electrons. The van der Waals surface area contributed by atoms with Crippen LogP contribution in [0.3, 0.4) is 0 Å². The second kappa shape index (κ2) is 6.17. The van der Waals surface area contributed by atoms with E-state index in [1.165, 1.54) is 0 Å². The van der Waals surface area contributed by atoms with Gasteiger partial charge in [0.15, 0.2) is 0 Å². The minimum absolute atomic E-state index is 0.137. The zero-order valence-corrected chi connectivity index (χ0v) is 12.4. The van der Waals surface area contributed by atoms with E-state index in [-0.39, 0.29) is 5.91 Å². The third kappa shape index (κ3) is 3.78. The lowest BCUT2D eigenvalue weighted by atomic mass is 10.2. The van der Waals surface area contributed by atoms with Gasteiger partial charge in [-0.1, -0.05) is 31.5 Å². The van der Waals surface area contributed by atoms with Crippen molar-refractivity contribution in [2.45, 2.75) is 26.3 Å². The van der Waals surface area contributed by atoms with Crippen molar-refractivity contribution in [3.8, 4) is 0 Å². The molecule has 0 atom stereocenters. The number of thiazole rings is 1. The van der Waals surface area contributed by atoms with Crippen LogP contribution in [0.5, 0.6) is 0 Å². The largest absolute Gasteiger partial charge is 0.346 e. The van der Waals surface area contributed by atoms with Crippen molar-refractivity contribution < 1.29 is 4.79 Å². The van der Waals surface area contributed by atoms with Crippen LogP contribution in [0.15, 0.2) is 29.6 Å². The molecule has 1 N–H and O–H groups in total. The lowest BCUT2D eigenvalue weighted by molar-refractivity contribution is 0.0950. The second-order valence-corrected chi connectivity index (χ2v) is 5.85. The highest BCUT2D eigenvalue weighted by Crippen LogP contribution is 2.19. The third-order valence-corrected chi connectivity index (χ3v) is 4.01. The summed E-state index contributed by atoms with van der Waals surface area (Å²) in [4.78, 5) is 16.4. The Morgan fingerprint density at radius 3 is 2.89 bits per heavy atom. The number of rotatable bonds is 4. The zero-order chi connectivity index (χ0) is 13.8. The summed E-state index contributed by atoms with van der Waals surface area (Å²) < 4.78 is 0. The molecule has 0 aliphatic rings. The molecule has 2 rings (SSSR count). The zero-order valence-electron chi connectivity index (χ0n) is 10.8. The van der Waals surface area contributed by atoms with Gasteiger partial charge in [-0.2, -0.15) is 0 Å². The molecule has 100 valence electrons. The molecule has 1 amide bonds. The number of nitrogens with one attached hydrogen (secondary N) is 1. The van der Waals surface area contributed by atoms with E-state index >= 15 is 0 Å². The first-order chi connectivity index (χ1) is 9.06. The number of aromatic nitrogens is 1. The van der Waals surface area contributed by atoms with E-state index in [0.717, 1.165) is 10.7 Å². The van der Waals surface area contributed by atoms with E-state index < -0.39 is 0 Å². The lowest BCUT2D eigenvalue weighted by Crippen LogP contribution is -2.22. The van der Waals surface area contributed by atoms with Crippen molar-refractivity contribution in [2.24, 2.45) is 0 Å². The first kappa shape index (κ1) is 14.0. The molecule has 3 nitrogen and oxygen atoms in total. The first-order valence-corrected chi connectivity index (χ1v) is 7.30. The Morgan fingerprint density at radius 1 is 1.47 bits per heavy atom. The molecule has 0 saturated carbocycles. The maximum atomic E-state index is 11.9. The van der Waals surface area contributed by atoms with Gasteiger partial charge in [-0.05, 0) is 18.2 Å². The summed E-state index contributed by atoms with van der Waals surface area (Å²) in [6.07, 6.45) is 0. The van der Waals surface area contributed by atoms with Gasteiger partial charge in [-0.3, -0.25) is 4.79 Å². The highest BCUT2D eigenvalue weighted by atomic mass is 35.5. The van der Waals surface area contributed by atoms with Crippen LogP contribution in [-0.4, -0.2) is 10.9 Å². The molecule has 0 saturated heterocycles. The van der Waals surface area contributed by atoms with Crippen molar-refractivity contribution in [3.05, 3.63) is 50.9 Å². The molecule has 1 heterocycles. The molecule has 2 aromatic rings. The number of halogens is 1. The number of carbonyl (C=O) groups is 1. The van der Waals surface area contributed by atoms with E-state index in [0.29, 0.717) is 23.0 Å². The topological polar surface area (TPSA) is 42.0 Å². The summed E-state index contributed by atoms with van der Waals surface area (Å²) in [5.74, 6) is 0.281. The molecular weight excluding hydrogens is 280 g/mol. The molecule has 0 bridgehead atoms. The van der Waals surface area contributed by atoms with Crippen LogP contribution >= 0.6 is 22.9 Å². The molecule has 1 aromatic carbocycles. The SMILES string of the molecule is CC(C)c1nc(CNC(=O)c2cccc(Cl)c2)cs1. The Labute approximate surface area is 121 Å². The van der Waals surface area contributed by atoms with Gasteiger partial charge in [-0.15, -0.1) is 11.3 Å². The minimum Gasteiger partial charge on any atom is -0.346 e. The average molecular weight is 295 g/mol. The van der Waals surface area contributed by atoms with Gasteiger partial charge in [0, 0.05) is 21.9 Å². The fraction of sp³-hybridized carbons (Fsp3) is 0.286. The normalized spacial score (nSPS) is 10.7. The van der Waals surface area contributed by atoms with Crippen LogP contribution in [0, 0.1) is 0 Å². The van der Waals surface area contributed by atoms with E-state index in [9.17, 15) is 4.79 Å². The summed E-state index contributed by atoms with van der Waals surface area (Å²) in [6, 6.07) is 6.89. The predicted molar refractivity (Wildman–Crippen MR) is 78.8 cm³/mol. The van der Waals surface area contributed by atoms with Crippen molar-refractivity contribution in [1.29, 1.82) is 0 Å². The highest BCUT2D eigenvalue weighted by molar-refractivity contribution is 7.09. The van der Waals surface area contributed by atoms with Crippen molar-refractivity contribution in [1.82, 2.24) is 10.3 Å². The summed E-state index contributed by atoms with van der Waals surface area (Å²) in [6.45, 7) is 4.65. The number of nitrogens with zero attached hydrogens (tertiary/aromatic N) is 1. The second-order valence-electron chi connectivity index (χ2n) is 4.52. The summed E-state index contributed by atoms with van der Waals surface area (Å²) in [7, 11) is 0. The monoisotopic (exact) mass is 294 g/mol. The van der Waals surface area contributed by atoms with Gasteiger partial charge in [0.25, 0.3) is 5.91 Å². The minimum atomic E-state index is -0.137. The summed E-state index contributed by atoms with van der Waals surface area (Å²) >= 11 is 7.48. The number of carbonyl (C=O) groups excluding carboxylic acids is 1. The number of benzene rings is 1. The van der Waals surface area contributed by atoms with Gasteiger partial charge in [0.05, 0.1) is 17.2 Å². The van der Waals surface area contributed by atoms with Crippen LogP contribution in [0.4, 0.5) is 0 Å². The summed E-state index contributed by atoms with van der Waals surface area (Å²) in [5.41, 5.74) is 1.45. The van der Waals surface area contributed by atoms with Crippen LogP contribution in [0.2, 0.25) is 5.02 Å². The van der Waals surface area contributed by atoms with Gasteiger partial charge in [0.1, 0.15) is 0 Å². The van der Waals surface area contributed by atoms with E-state index in [4.69, 9.17) is 11.6 Å². The number of hydrogen-bond acceptors (Lipinski definition) is 3. The molecule has 0 spiro atoms. The smallest absolute Gasteiger partial charge is 0.251 e. The standard InChI is InChI=1S/C14H15ClN2OS/c1-9(2)14-17-12(8-19-14)7-16-13(18)10-4-3-5-11(15)6-10/h3-6,8-9H,7H2,1-2H3,(H,16,18). The Hall–Kier alpha value is -1.39. The van der Waals surface area contributed by atoms with E-state index in [1.54, 1.807) is 35.6 Å². The van der Waals surface area contributed by atoms with Gasteiger partial charge in [-0.25, -0.2) is 4.98 Å². The highest BCUT2D eigenvalue weighted by Gasteiger charge is 2.08. The van der Waals surface area contributed by atoms with Gasteiger partial charge < -0.3 is 5.32 Å². The Morgan fingerprint density at radius 2 is 2.26 bits per heavy atom. The molecule has 1 aromatic heterocycles. The third-order valence-electron chi connectivity index (χ3n) is 2.58. The van der Waals surface area contributed by atoms with Crippen molar-refractivity contribution in [3.63, 3.8) is 0 Å². The van der Waals surface area contributed by atoms with Crippen LogP contribution in [0.1, 0.15) is 40.8 Å². The Bertz CT molecular complexity index is 580. The molecule has 0 fully saturated rings. The first-order valence-electron chi connectivity index (χ1n) is 6.04. The Kier molecular flexibility index (Phi) is 4.56. The maximum absolute atomic E-state index is 11.9. The molecule has 0 unspecified atom stereocenters. The fourth-order valence-electron chi connectivity index (χ4n) is 1.57. The lowest BCUT2D eigenvalue weighted by Gasteiger charge is -2.03. The molecule has 0 aliphatic carbocycles. The maximum Gasteiger partial charge on any atom is 0.251 e. The predicted octanol–water partition coefficient (Wildman–Crippen LogP) is 3.85. The summed E-state index contributed by atoms with van der Waals surface area (Å²) in [5, 5.41) is 6.47. The van der Waals surface area contributed by atoms with Crippen molar-refractivity contribution in [2.75, 3.05) is 0 Å². The molecule has 0 aliphatic heterocycles. The fourth-order valence-corrected chi connectivity index (χ4v) is 2.60. The van der Waals surface area contributed by atoms with E-state index in [2.05, 4.69) is 24.1 Å². The van der Waals surface area contributed by atoms with Crippen molar-refractivity contribution >= 4 is 28.8 Å². The van der Waals surface area contributed by atoms with E-state index in [1.807, 2.05) is 5.38 Å². The molecule has 5 heteroatoms. The van der Waals surface area contributed by atoms with Gasteiger partial charge >= 0.3 is 0 Å². The Balaban J connectivity index is 1.96. The average Bonchev–Trinajstić information content (AvgIpc) is 2.85. The van der Waals surface area contributed by atoms with Crippen LogP contribution in [0.25, 0.3) is 0 Å². The van der Waals surface area contributed by atoms with Crippen LogP contribution < -0.4 is 5.32 Å². The van der Waals surface area contributed by atoms with Crippen LogP contribution in [-0.2, 0) is 6.54 Å².